The lowest BCUT2D eigenvalue weighted by Crippen LogP contribution is -2.12. The Morgan fingerprint density at radius 1 is 1.19 bits per heavy atom. The first-order valence-electron chi connectivity index (χ1n) is 6.96. The standard InChI is InChI=1S/C16H18ClN3O/c1-2-3-10-18-15-9-8-14(11-19-15)20-16(21)12-4-6-13(17)7-5-12/h4-9,11H,2-3,10H2,1H3,(H,18,19)(H,20,21). The average Bonchev–Trinajstić information content (AvgIpc) is 2.50. The summed E-state index contributed by atoms with van der Waals surface area (Å²) in [6, 6.07) is 10.4. The van der Waals surface area contributed by atoms with E-state index in [1.807, 2.05) is 12.1 Å². The average molecular weight is 304 g/mol. The lowest BCUT2D eigenvalue weighted by Gasteiger charge is -2.07. The molecule has 2 aromatic rings. The van der Waals surface area contributed by atoms with Crippen LogP contribution < -0.4 is 10.6 Å². The molecule has 2 N–H and O–H groups in total. The van der Waals surface area contributed by atoms with Crippen LogP contribution in [0.15, 0.2) is 42.6 Å². The van der Waals surface area contributed by atoms with E-state index in [2.05, 4.69) is 22.5 Å². The van der Waals surface area contributed by atoms with Crippen molar-refractivity contribution in [3.63, 3.8) is 0 Å². The highest BCUT2D eigenvalue weighted by molar-refractivity contribution is 6.30. The van der Waals surface area contributed by atoms with Crippen LogP contribution >= 0.6 is 11.6 Å². The number of rotatable bonds is 6. The van der Waals surface area contributed by atoms with E-state index in [0.29, 0.717) is 16.3 Å². The van der Waals surface area contributed by atoms with Gasteiger partial charge in [-0.15, -0.1) is 0 Å². The van der Waals surface area contributed by atoms with Gasteiger partial charge in [-0.2, -0.15) is 0 Å². The minimum atomic E-state index is -0.180. The summed E-state index contributed by atoms with van der Waals surface area (Å²) in [4.78, 5) is 16.3. The maximum Gasteiger partial charge on any atom is 0.255 e. The van der Waals surface area contributed by atoms with Crippen molar-refractivity contribution in [1.29, 1.82) is 0 Å². The number of benzene rings is 1. The van der Waals surface area contributed by atoms with Crippen molar-refractivity contribution in [3.8, 4) is 0 Å². The molecule has 1 amide bonds. The van der Waals surface area contributed by atoms with E-state index in [9.17, 15) is 4.79 Å². The predicted octanol–water partition coefficient (Wildman–Crippen LogP) is 4.20. The zero-order valence-electron chi connectivity index (χ0n) is 11.9. The summed E-state index contributed by atoms with van der Waals surface area (Å²) in [5.41, 5.74) is 1.22. The van der Waals surface area contributed by atoms with Gasteiger partial charge in [-0.1, -0.05) is 24.9 Å². The van der Waals surface area contributed by atoms with Crippen molar-refractivity contribution in [1.82, 2.24) is 4.98 Å². The molecule has 0 bridgehead atoms. The molecule has 110 valence electrons. The van der Waals surface area contributed by atoms with Crippen LogP contribution in [0.5, 0.6) is 0 Å². The van der Waals surface area contributed by atoms with E-state index >= 15 is 0 Å². The second kappa shape index (κ2) is 7.64. The third-order valence-corrected chi connectivity index (χ3v) is 3.22. The normalized spacial score (nSPS) is 10.2. The van der Waals surface area contributed by atoms with Crippen LogP contribution in [-0.2, 0) is 0 Å². The molecule has 0 aliphatic carbocycles. The van der Waals surface area contributed by atoms with Crippen molar-refractivity contribution < 1.29 is 4.79 Å². The molecule has 1 aromatic carbocycles. The second-order valence-corrected chi connectivity index (χ2v) is 5.11. The van der Waals surface area contributed by atoms with Gasteiger partial charge in [-0.3, -0.25) is 4.79 Å². The van der Waals surface area contributed by atoms with Crippen molar-refractivity contribution in [2.45, 2.75) is 19.8 Å². The van der Waals surface area contributed by atoms with Gasteiger partial charge >= 0.3 is 0 Å². The number of amides is 1. The number of unbranched alkanes of at least 4 members (excludes halogenated alkanes) is 1. The smallest absolute Gasteiger partial charge is 0.255 e. The number of hydrogen-bond donors (Lipinski definition) is 2. The Hall–Kier alpha value is -2.07. The highest BCUT2D eigenvalue weighted by Gasteiger charge is 2.06. The highest BCUT2D eigenvalue weighted by atomic mass is 35.5. The second-order valence-electron chi connectivity index (χ2n) is 4.67. The Kier molecular flexibility index (Phi) is 5.58. The number of carbonyl (C=O) groups excluding carboxylic acids is 1. The number of nitrogens with one attached hydrogen (secondary N) is 2. The Morgan fingerprint density at radius 3 is 2.57 bits per heavy atom. The Labute approximate surface area is 129 Å². The number of carbonyl (C=O) groups is 1. The molecule has 0 saturated carbocycles. The Morgan fingerprint density at radius 2 is 1.95 bits per heavy atom. The minimum Gasteiger partial charge on any atom is -0.370 e. The first-order chi connectivity index (χ1) is 10.2. The number of halogens is 1. The number of aromatic nitrogens is 1. The third-order valence-electron chi connectivity index (χ3n) is 2.96. The molecule has 0 aliphatic rings. The number of hydrogen-bond acceptors (Lipinski definition) is 3. The predicted molar refractivity (Wildman–Crippen MR) is 87.0 cm³/mol. The lowest BCUT2D eigenvalue weighted by molar-refractivity contribution is 0.102. The van der Waals surface area contributed by atoms with Gasteiger partial charge in [-0.25, -0.2) is 4.98 Å². The fourth-order valence-electron chi connectivity index (χ4n) is 1.77. The summed E-state index contributed by atoms with van der Waals surface area (Å²) in [5, 5.41) is 6.63. The van der Waals surface area contributed by atoms with Gasteiger partial charge in [0.05, 0.1) is 11.9 Å². The van der Waals surface area contributed by atoms with Crippen LogP contribution in [0.25, 0.3) is 0 Å². The first-order valence-corrected chi connectivity index (χ1v) is 7.33. The van der Waals surface area contributed by atoms with Crippen LogP contribution in [0.1, 0.15) is 30.1 Å². The maximum absolute atomic E-state index is 12.0. The molecule has 0 saturated heterocycles. The first kappa shape index (κ1) is 15.3. The molecule has 0 radical (unpaired) electrons. The maximum atomic E-state index is 12.0. The summed E-state index contributed by atoms with van der Waals surface area (Å²) >= 11 is 5.80. The van der Waals surface area contributed by atoms with Crippen LogP contribution in [-0.4, -0.2) is 17.4 Å². The Bertz CT molecular complexity index is 581. The highest BCUT2D eigenvalue weighted by Crippen LogP contribution is 2.13. The van der Waals surface area contributed by atoms with E-state index < -0.39 is 0 Å². The van der Waals surface area contributed by atoms with Crippen molar-refractivity contribution in [2.75, 3.05) is 17.2 Å². The summed E-state index contributed by atoms with van der Waals surface area (Å²) < 4.78 is 0. The largest absolute Gasteiger partial charge is 0.370 e. The van der Waals surface area contributed by atoms with Gasteiger partial charge in [-0.05, 0) is 42.8 Å². The van der Waals surface area contributed by atoms with E-state index in [1.54, 1.807) is 30.5 Å². The molecule has 0 spiro atoms. The summed E-state index contributed by atoms with van der Waals surface area (Å²) in [7, 11) is 0. The zero-order chi connectivity index (χ0) is 15.1. The molecule has 0 unspecified atom stereocenters. The molecular formula is C16H18ClN3O. The quantitative estimate of drug-likeness (QED) is 0.786. The Balaban J connectivity index is 1.93. The molecule has 1 aromatic heterocycles. The lowest BCUT2D eigenvalue weighted by atomic mass is 10.2. The molecule has 0 atom stereocenters. The van der Waals surface area contributed by atoms with Crippen molar-refractivity contribution >= 4 is 29.0 Å². The van der Waals surface area contributed by atoms with E-state index in [-0.39, 0.29) is 5.91 Å². The van der Waals surface area contributed by atoms with Crippen LogP contribution in [0.3, 0.4) is 0 Å². The molecule has 5 heteroatoms. The number of pyridine rings is 1. The van der Waals surface area contributed by atoms with Gasteiger partial charge in [0, 0.05) is 17.1 Å². The molecule has 0 fully saturated rings. The minimum absolute atomic E-state index is 0.180. The SMILES string of the molecule is CCCCNc1ccc(NC(=O)c2ccc(Cl)cc2)cn1. The molecule has 1 heterocycles. The summed E-state index contributed by atoms with van der Waals surface area (Å²) in [6.07, 6.45) is 3.89. The van der Waals surface area contributed by atoms with Gasteiger partial charge < -0.3 is 10.6 Å². The topological polar surface area (TPSA) is 54.0 Å². The van der Waals surface area contributed by atoms with Gasteiger partial charge in [0.2, 0.25) is 0 Å². The van der Waals surface area contributed by atoms with Crippen LogP contribution in [0.2, 0.25) is 5.02 Å². The van der Waals surface area contributed by atoms with E-state index in [1.165, 1.54) is 0 Å². The summed E-state index contributed by atoms with van der Waals surface area (Å²) in [5.74, 6) is 0.633. The van der Waals surface area contributed by atoms with Gasteiger partial charge in [0.25, 0.3) is 5.91 Å². The monoisotopic (exact) mass is 303 g/mol. The van der Waals surface area contributed by atoms with Crippen LogP contribution in [0, 0.1) is 0 Å². The fraction of sp³-hybridized carbons (Fsp3) is 0.250. The molecule has 2 rings (SSSR count). The van der Waals surface area contributed by atoms with Gasteiger partial charge in [0.15, 0.2) is 0 Å². The zero-order valence-corrected chi connectivity index (χ0v) is 12.7. The molecule has 21 heavy (non-hydrogen) atoms. The number of anilines is 2. The fourth-order valence-corrected chi connectivity index (χ4v) is 1.90. The molecule has 4 nitrogen and oxygen atoms in total. The van der Waals surface area contributed by atoms with Crippen LogP contribution in [0.4, 0.5) is 11.5 Å². The molecular weight excluding hydrogens is 286 g/mol. The molecule has 0 aliphatic heterocycles. The number of nitrogens with zero attached hydrogens (tertiary/aromatic N) is 1. The van der Waals surface area contributed by atoms with Gasteiger partial charge in [0.1, 0.15) is 5.82 Å². The van der Waals surface area contributed by atoms with E-state index in [4.69, 9.17) is 11.6 Å². The van der Waals surface area contributed by atoms with Crippen molar-refractivity contribution in [3.05, 3.63) is 53.2 Å². The van der Waals surface area contributed by atoms with E-state index in [0.717, 1.165) is 25.2 Å². The van der Waals surface area contributed by atoms with Crippen molar-refractivity contribution in [2.24, 2.45) is 0 Å². The third kappa shape index (κ3) is 4.76. The summed E-state index contributed by atoms with van der Waals surface area (Å²) in [6.45, 7) is 3.05.